The highest BCUT2D eigenvalue weighted by molar-refractivity contribution is 9.11. The van der Waals surface area contributed by atoms with Crippen molar-refractivity contribution in [2.75, 3.05) is 0 Å². The maximum absolute atomic E-state index is 11.7. The second kappa shape index (κ2) is 4.94. The Labute approximate surface area is 122 Å². The average molecular weight is 343 g/mol. The maximum atomic E-state index is 11.7. The number of hydrogen-bond donors (Lipinski definition) is 2. The fraction of sp³-hybridized carbons (Fsp3) is 0.231. The Balaban J connectivity index is 2.57. The summed E-state index contributed by atoms with van der Waals surface area (Å²) in [5.41, 5.74) is -0.522. The van der Waals surface area contributed by atoms with Gasteiger partial charge < -0.3 is 10.2 Å². The second-order valence-electron chi connectivity index (χ2n) is 4.42. The van der Waals surface area contributed by atoms with Crippen LogP contribution in [0, 0.1) is 0 Å². The van der Waals surface area contributed by atoms with E-state index in [2.05, 4.69) is 15.9 Å². The van der Waals surface area contributed by atoms with E-state index in [9.17, 15) is 14.7 Å². The van der Waals surface area contributed by atoms with Crippen LogP contribution in [0.1, 0.15) is 18.2 Å². The lowest BCUT2D eigenvalue weighted by atomic mass is 9.75. The van der Waals surface area contributed by atoms with Crippen molar-refractivity contribution in [2.24, 2.45) is 0 Å². The third-order valence-electron chi connectivity index (χ3n) is 3.01. The van der Waals surface area contributed by atoms with Gasteiger partial charge in [-0.05, 0) is 41.1 Å². The van der Waals surface area contributed by atoms with Crippen molar-refractivity contribution in [1.82, 2.24) is 0 Å². The van der Waals surface area contributed by atoms with Gasteiger partial charge in [0, 0.05) is 16.9 Å². The molecule has 0 saturated heterocycles. The van der Waals surface area contributed by atoms with Crippen LogP contribution in [0.25, 0.3) is 0 Å². The molecule has 1 unspecified atom stereocenters. The minimum Gasteiger partial charge on any atom is -0.480 e. The zero-order valence-electron chi connectivity index (χ0n) is 10.0. The number of aliphatic carboxylic acids is 2. The molecular weight excluding hydrogens is 332 g/mol. The molecule has 0 radical (unpaired) electrons. The van der Waals surface area contributed by atoms with Gasteiger partial charge in [-0.1, -0.05) is 11.6 Å². The molecule has 1 heterocycles. The fourth-order valence-corrected chi connectivity index (χ4v) is 3.74. The van der Waals surface area contributed by atoms with Crippen LogP contribution in [0.3, 0.4) is 0 Å². The Bertz CT molecular complexity index is 614. The zero-order chi connectivity index (χ0) is 14.2. The number of hydrogen-bond acceptors (Lipinski definition) is 3. The average Bonchev–Trinajstić information content (AvgIpc) is 2.75. The van der Waals surface area contributed by atoms with E-state index in [0.717, 1.165) is 3.79 Å². The van der Waals surface area contributed by atoms with Crippen molar-refractivity contribution >= 4 is 39.2 Å². The third kappa shape index (κ3) is 2.50. The summed E-state index contributed by atoms with van der Waals surface area (Å²) in [5, 5.41) is 18.7. The summed E-state index contributed by atoms with van der Waals surface area (Å²) in [6, 6.07) is 3.49. The van der Waals surface area contributed by atoms with Crippen LogP contribution in [-0.2, 0) is 15.0 Å². The number of allylic oxidation sites excluding steroid dienone is 2. The van der Waals surface area contributed by atoms with Crippen LogP contribution in [0.4, 0.5) is 0 Å². The molecule has 0 spiro atoms. The third-order valence-corrected chi connectivity index (χ3v) is 4.82. The topological polar surface area (TPSA) is 74.6 Å². The smallest absolute Gasteiger partial charge is 0.331 e. The number of thiophene rings is 1. The SMILES string of the molecule is CC1=CC(C(=O)O)(c2ccc(Br)s2)CC(C(=O)O)=C1. The minimum atomic E-state index is -1.29. The summed E-state index contributed by atoms with van der Waals surface area (Å²) in [4.78, 5) is 23.5. The standard InChI is InChI=1S/C13H11BrO4S/c1-7-4-8(11(15)16)6-13(5-7,12(17)18)9-2-3-10(14)19-9/h2-5H,6H2,1H3,(H,15,16)(H,17,18). The maximum Gasteiger partial charge on any atom is 0.331 e. The molecule has 0 fully saturated rings. The Morgan fingerprint density at radius 3 is 2.53 bits per heavy atom. The molecule has 4 nitrogen and oxygen atoms in total. The fourth-order valence-electron chi connectivity index (χ4n) is 2.20. The van der Waals surface area contributed by atoms with Gasteiger partial charge in [0.25, 0.3) is 0 Å². The summed E-state index contributed by atoms with van der Waals surface area (Å²) in [6.07, 6.45) is 3.11. The molecule has 6 heteroatoms. The van der Waals surface area contributed by atoms with E-state index in [1.165, 1.54) is 17.4 Å². The molecular formula is C13H11BrO4S. The summed E-state index contributed by atoms with van der Waals surface area (Å²) in [6.45, 7) is 1.71. The molecule has 0 saturated carbocycles. The highest BCUT2D eigenvalue weighted by Crippen LogP contribution is 2.42. The first kappa shape index (κ1) is 14.0. The van der Waals surface area contributed by atoms with Crippen molar-refractivity contribution in [1.29, 1.82) is 0 Å². The number of carboxylic acid groups (broad SMARTS) is 2. The molecule has 2 rings (SSSR count). The number of carboxylic acids is 2. The minimum absolute atomic E-state index is 0.0397. The number of halogens is 1. The summed E-state index contributed by atoms with van der Waals surface area (Å²) < 4.78 is 0.820. The van der Waals surface area contributed by atoms with E-state index in [1.54, 1.807) is 25.1 Å². The highest BCUT2D eigenvalue weighted by Gasteiger charge is 2.43. The van der Waals surface area contributed by atoms with Crippen LogP contribution in [0.2, 0.25) is 0 Å². The Hall–Kier alpha value is -1.40. The summed E-state index contributed by atoms with van der Waals surface area (Å²) in [5.74, 6) is -2.11. The number of rotatable bonds is 3. The van der Waals surface area contributed by atoms with E-state index in [0.29, 0.717) is 10.5 Å². The Morgan fingerprint density at radius 2 is 2.05 bits per heavy atom. The van der Waals surface area contributed by atoms with Crippen molar-refractivity contribution in [3.8, 4) is 0 Å². The molecule has 1 atom stereocenters. The Kier molecular flexibility index (Phi) is 3.64. The molecule has 19 heavy (non-hydrogen) atoms. The van der Waals surface area contributed by atoms with Gasteiger partial charge >= 0.3 is 11.9 Å². The molecule has 2 N–H and O–H groups in total. The quantitative estimate of drug-likeness (QED) is 0.884. The first-order valence-corrected chi connectivity index (χ1v) is 7.08. The van der Waals surface area contributed by atoms with E-state index in [-0.39, 0.29) is 12.0 Å². The predicted octanol–water partition coefficient (Wildman–Crippen LogP) is 3.19. The molecule has 0 amide bonds. The van der Waals surface area contributed by atoms with E-state index < -0.39 is 17.4 Å². The summed E-state index contributed by atoms with van der Waals surface area (Å²) in [7, 11) is 0. The van der Waals surface area contributed by atoms with Gasteiger partial charge in [0.15, 0.2) is 0 Å². The van der Waals surface area contributed by atoms with Crippen LogP contribution in [0.15, 0.2) is 39.2 Å². The first-order valence-electron chi connectivity index (χ1n) is 5.48. The van der Waals surface area contributed by atoms with Crippen molar-refractivity contribution in [3.63, 3.8) is 0 Å². The van der Waals surface area contributed by atoms with Gasteiger partial charge in [0.05, 0.1) is 3.79 Å². The van der Waals surface area contributed by atoms with Gasteiger partial charge in [0.2, 0.25) is 0 Å². The van der Waals surface area contributed by atoms with Gasteiger partial charge in [-0.15, -0.1) is 11.3 Å². The molecule has 1 aromatic rings. The van der Waals surface area contributed by atoms with E-state index in [4.69, 9.17) is 5.11 Å². The molecule has 100 valence electrons. The lowest BCUT2D eigenvalue weighted by Gasteiger charge is -2.29. The molecule has 0 bridgehead atoms. The molecule has 0 aromatic carbocycles. The van der Waals surface area contributed by atoms with Gasteiger partial charge in [-0.25, -0.2) is 4.79 Å². The van der Waals surface area contributed by atoms with Crippen molar-refractivity contribution in [2.45, 2.75) is 18.8 Å². The Morgan fingerprint density at radius 1 is 1.37 bits per heavy atom. The molecule has 1 aliphatic rings. The first-order chi connectivity index (χ1) is 8.85. The van der Waals surface area contributed by atoms with Crippen LogP contribution < -0.4 is 0 Å². The monoisotopic (exact) mass is 342 g/mol. The molecule has 0 aliphatic heterocycles. The highest BCUT2D eigenvalue weighted by atomic mass is 79.9. The molecule has 1 aliphatic carbocycles. The van der Waals surface area contributed by atoms with E-state index in [1.807, 2.05) is 0 Å². The lowest BCUT2D eigenvalue weighted by Crippen LogP contribution is -2.36. The largest absolute Gasteiger partial charge is 0.480 e. The normalized spacial score (nSPS) is 22.6. The second-order valence-corrected chi connectivity index (χ2v) is 6.88. The van der Waals surface area contributed by atoms with E-state index >= 15 is 0 Å². The lowest BCUT2D eigenvalue weighted by molar-refractivity contribution is -0.142. The summed E-state index contributed by atoms with van der Waals surface area (Å²) >= 11 is 4.61. The van der Waals surface area contributed by atoms with Crippen LogP contribution in [-0.4, -0.2) is 22.2 Å². The van der Waals surface area contributed by atoms with Gasteiger partial charge in [0.1, 0.15) is 5.41 Å². The predicted molar refractivity (Wildman–Crippen MR) is 75.4 cm³/mol. The van der Waals surface area contributed by atoms with Gasteiger partial charge in [-0.2, -0.15) is 0 Å². The molecule has 1 aromatic heterocycles. The van der Waals surface area contributed by atoms with Gasteiger partial charge in [-0.3, -0.25) is 4.79 Å². The van der Waals surface area contributed by atoms with Crippen LogP contribution >= 0.6 is 27.3 Å². The van der Waals surface area contributed by atoms with Crippen molar-refractivity contribution < 1.29 is 19.8 Å². The van der Waals surface area contributed by atoms with Crippen molar-refractivity contribution in [3.05, 3.63) is 44.1 Å². The van der Waals surface area contributed by atoms with Crippen LogP contribution in [0.5, 0.6) is 0 Å². The zero-order valence-corrected chi connectivity index (χ0v) is 12.4. The number of carbonyl (C=O) groups is 2.